The van der Waals surface area contributed by atoms with Crippen LogP contribution in [0.4, 0.5) is 24.5 Å². The van der Waals surface area contributed by atoms with E-state index in [-0.39, 0.29) is 15.7 Å². The molecule has 0 radical (unpaired) electrons. The number of carbonyl (C=O) groups excluding carboxylic acids is 1. The highest BCUT2D eigenvalue weighted by molar-refractivity contribution is 9.10. The van der Waals surface area contributed by atoms with E-state index in [0.29, 0.717) is 0 Å². The molecular formula is C13H8BrF3N2O. The largest absolute Gasteiger partial charge is 0.397 e. The highest BCUT2D eigenvalue weighted by atomic mass is 79.9. The number of amides is 1. The van der Waals surface area contributed by atoms with Crippen LogP contribution in [-0.4, -0.2) is 5.91 Å². The van der Waals surface area contributed by atoms with E-state index >= 15 is 0 Å². The van der Waals surface area contributed by atoms with Gasteiger partial charge in [0.05, 0.1) is 11.3 Å². The van der Waals surface area contributed by atoms with Crippen molar-refractivity contribution >= 4 is 33.2 Å². The molecule has 2 rings (SSSR count). The van der Waals surface area contributed by atoms with Crippen molar-refractivity contribution < 1.29 is 18.0 Å². The molecule has 2 aromatic carbocycles. The maximum absolute atomic E-state index is 13.6. The fourth-order valence-electron chi connectivity index (χ4n) is 1.58. The predicted molar refractivity (Wildman–Crippen MR) is 72.8 cm³/mol. The maximum atomic E-state index is 13.6. The van der Waals surface area contributed by atoms with Crippen molar-refractivity contribution in [1.82, 2.24) is 0 Å². The predicted octanol–water partition coefficient (Wildman–Crippen LogP) is 3.70. The van der Waals surface area contributed by atoms with Crippen molar-refractivity contribution in [2.75, 3.05) is 11.1 Å². The van der Waals surface area contributed by atoms with Gasteiger partial charge in [0.25, 0.3) is 5.91 Å². The summed E-state index contributed by atoms with van der Waals surface area (Å²) in [6, 6.07) is 5.85. The Morgan fingerprint density at radius 3 is 2.45 bits per heavy atom. The number of anilines is 2. The number of nitrogens with one attached hydrogen (secondary N) is 1. The molecule has 104 valence electrons. The fraction of sp³-hybridized carbons (Fsp3) is 0. The number of rotatable bonds is 2. The molecule has 0 unspecified atom stereocenters. The van der Waals surface area contributed by atoms with E-state index in [1.807, 2.05) is 0 Å². The molecule has 0 spiro atoms. The van der Waals surface area contributed by atoms with E-state index in [1.165, 1.54) is 12.1 Å². The van der Waals surface area contributed by atoms with Crippen molar-refractivity contribution in [2.45, 2.75) is 0 Å². The molecule has 20 heavy (non-hydrogen) atoms. The van der Waals surface area contributed by atoms with Crippen LogP contribution in [0, 0.1) is 17.5 Å². The molecule has 0 fully saturated rings. The highest BCUT2D eigenvalue weighted by Gasteiger charge is 2.19. The average molecular weight is 345 g/mol. The molecule has 2 aromatic rings. The lowest BCUT2D eigenvalue weighted by molar-refractivity contribution is 0.102. The molecule has 1 amide bonds. The van der Waals surface area contributed by atoms with Gasteiger partial charge in [-0.1, -0.05) is 6.07 Å². The third-order valence-corrected chi connectivity index (χ3v) is 3.22. The second-order valence-electron chi connectivity index (χ2n) is 3.88. The zero-order chi connectivity index (χ0) is 14.9. The molecule has 0 bridgehead atoms. The number of halogens is 4. The summed E-state index contributed by atoms with van der Waals surface area (Å²) in [5, 5.41) is 2.07. The van der Waals surface area contributed by atoms with Gasteiger partial charge in [-0.3, -0.25) is 4.79 Å². The molecule has 3 nitrogen and oxygen atoms in total. The smallest absolute Gasteiger partial charge is 0.259 e. The third-order valence-electron chi connectivity index (χ3n) is 2.56. The summed E-state index contributed by atoms with van der Waals surface area (Å²) in [7, 11) is 0. The van der Waals surface area contributed by atoms with Crippen LogP contribution in [0.2, 0.25) is 0 Å². The van der Waals surface area contributed by atoms with Crippen molar-refractivity contribution in [3.05, 3.63) is 57.8 Å². The van der Waals surface area contributed by atoms with E-state index in [1.54, 1.807) is 0 Å². The van der Waals surface area contributed by atoms with Gasteiger partial charge in [0.15, 0.2) is 11.6 Å². The van der Waals surface area contributed by atoms with Crippen LogP contribution in [0.15, 0.2) is 34.8 Å². The first-order valence-electron chi connectivity index (χ1n) is 5.40. The van der Waals surface area contributed by atoms with Crippen LogP contribution < -0.4 is 11.1 Å². The first-order chi connectivity index (χ1) is 9.41. The molecule has 0 saturated carbocycles. The Labute approximate surface area is 120 Å². The molecule has 7 heteroatoms. The Morgan fingerprint density at radius 2 is 1.80 bits per heavy atom. The number of benzene rings is 2. The number of hydrogen-bond acceptors (Lipinski definition) is 2. The summed E-state index contributed by atoms with van der Waals surface area (Å²) in [5.41, 5.74) is 4.46. The average Bonchev–Trinajstić information content (AvgIpc) is 2.39. The summed E-state index contributed by atoms with van der Waals surface area (Å²) >= 11 is 3.01. The Morgan fingerprint density at radius 1 is 1.10 bits per heavy atom. The van der Waals surface area contributed by atoms with Crippen molar-refractivity contribution in [3.8, 4) is 0 Å². The summed E-state index contributed by atoms with van der Waals surface area (Å²) in [6.45, 7) is 0. The Balaban J connectivity index is 2.41. The topological polar surface area (TPSA) is 55.1 Å². The summed E-state index contributed by atoms with van der Waals surface area (Å²) < 4.78 is 40.4. The van der Waals surface area contributed by atoms with Crippen molar-refractivity contribution in [2.24, 2.45) is 0 Å². The first-order valence-corrected chi connectivity index (χ1v) is 6.20. The van der Waals surface area contributed by atoms with E-state index in [2.05, 4.69) is 21.2 Å². The Bertz CT molecular complexity index is 671. The Hall–Kier alpha value is -2.02. The van der Waals surface area contributed by atoms with E-state index in [0.717, 1.165) is 18.2 Å². The second-order valence-corrected chi connectivity index (χ2v) is 4.73. The molecule has 3 N–H and O–H groups in total. The lowest BCUT2D eigenvalue weighted by Gasteiger charge is -2.11. The van der Waals surface area contributed by atoms with E-state index in [9.17, 15) is 18.0 Å². The fourth-order valence-corrected chi connectivity index (χ4v) is 2.11. The zero-order valence-corrected chi connectivity index (χ0v) is 11.5. The zero-order valence-electron chi connectivity index (χ0n) is 9.88. The van der Waals surface area contributed by atoms with Crippen LogP contribution in [0.1, 0.15) is 10.4 Å². The van der Waals surface area contributed by atoms with Crippen LogP contribution >= 0.6 is 15.9 Å². The number of nitrogens with two attached hydrogens (primary N) is 1. The lowest BCUT2D eigenvalue weighted by atomic mass is 10.2. The molecule has 0 aliphatic carbocycles. The van der Waals surface area contributed by atoms with Crippen molar-refractivity contribution in [3.63, 3.8) is 0 Å². The normalized spacial score (nSPS) is 10.4. The van der Waals surface area contributed by atoms with Gasteiger partial charge in [-0.25, -0.2) is 13.2 Å². The molecule has 0 aromatic heterocycles. The van der Waals surface area contributed by atoms with Gasteiger partial charge in [-0.2, -0.15) is 0 Å². The van der Waals surface area contributed by atoms with Gasteiger partial charge in [-0.15, -0.1) is 0 Å². The van der Waals surface area contributed by atoms with Crippen molar-refractivity contribution in [1.29, 1.82) is 0 Å². The van der Waals surface area contributed by atoms with E-state index < -0.39 is 29.0 Å². The lowest BCUT2D eigenvalue weighted by Crippen LogP contribution is -2.17. The third kappa shape index (κ3) is 2.62. The Kier molecular flexibility index (Phi) is 3.99. The maximum Gasteiger partial charge on any atom is 0.259 e. The number of nitrogen functional groups attached to an aromatic ring is 1. The van der Waals surface area contributed by atoms with Crippen LogP contribution in [0.5, 0.6) is 0 Å². The molecule has 0 aliphatic heterocycles. The molecule has 0 atom stereocenters. The first kappa shape index (κ1) is 14.4. The van der Waals surface area contributed by atoms with Gasteiger partial charge in [-0.05, 0) is 40.2 Å². The molecule has 0 heterocycles. The number of hydrogen-bond donors (Lipinski definition) is 2. The standard InChI is InChI=1S/C13H8BrF3N2O/c14-6-2-1-3-7(15)10(6)13(20)19-12-9(18)5-4-8(16)11(12)17/h1-5H,18H2,(H,19,20). The van der Waals surface area contributed by atoms with Gasteiger partial charge >= 0.3 is 0 Å². The minimum absolute atomic E-state index is 0.162. The van der Waals surface area contributed by atoms with Crippen LogP contribution in [-0.2, 0) is 0 Å². The van der Waals surface area contributed by atoms with Gasteiger partial charge < -0.3 is 11.1 Å². The van der Waals surface area contributed by atoms with Gasteiger partial charge in [0.2, 0.25) is 0 Å². The van der Waals surface area contributed by atoms with Gasteiger partial charge in [0, 0.05) is 4.47 Å². The van der Waals surface area contributed by atoms with E-state index in [4.69, 9.17) is 5.73 Å². The summed E-state index contributed by atoms with van der Waals surface area (Å²) in [4.78, 5) is 11.9. The quantitative estimate of drug-likeness (QED) is 0.816. The molecule has 0 aliphatic rings. The monoisotopic (exact) mass is 344 g/mol. The van der Waals surface area contributed by atoms with Crippen LogP contribution in [0.3, 0.4) is 0 Å². The number of carbonyl (C=O) groups is 1. The summed E-state index contributed by atoms with van der Waals surface area (Å²) in [6.07, 6.45) is 0. The van der Waals surface area contributed by atoms with Gasteiger partial charge in [0.1, 0.15) is 11.5 Å². The minimum atomic E-state index is -1.30. The SMILES string of the molecule is Nc1ccc(F)c(F)c1NC(=O)c1c(F)cccc1Br. The summed E-state index contributed by atoms with van der Waals surface area (Å²) in [5.74, 6) is -4.20. The molecule has 0 saturated heterocycles. The second kappa shape index (κ2) is 5.54. The highest BCUT2D eigenvalue weighted by Crippen LogP contribution is 2.27. The molecular weight excluding hydrogens is 337 g/mol. The minimum Gasteiger partial charge on any atom is -0.397 e. The van der Waals surface area contributed by atoms with Crippen LogP contribution in [0.25, 0.3) is 0 Å².